The van der Waals surface area contributed by atoms with Crippen molar-refractivity contribution in [3.63, 3.8) is 0 Å². The van der Waals surface area contributed by atoms with Gasteiger partial charge in [-0.25, -0.2) is 15.0 Å². The average molecular weight is 1130 g/mol. The third-order valence-corrected chi connectivity index (χ3v) is 27.9. The van der Waals surface area contributed by atoms with Gasteiger partial charge >= 0.3 is 0 Å². The molecule has 0 aliphatic carbocycles. The van der Waals surface area contributed by atoms with Gasteiger partial charge in [0.1, 0.15) is 28.4 Å². The molecule has 0 radical (unpaired) electrons. The molecule has 0 aromatic carbocycles. The summed E-state index contributed by atoms with van der Waals surface area (Å²) in [5, 5.41) is 3.61. The van der Waals surface area contributed by atoms with Crippen LogP contribution in [-0.4, -0.2) is 58.7 Å². The van der Waals surface area contributed by atoms with Gasteiger partial charge in [0.05, 0.1) is 25.8 Å². The van der Waals surface area contributed by atoms with E-state index in [0.29, 0.717) is 33.2 Å². The zero-order valence-corrected chi connectivity index (χ0v) is 44.8. The fourth-order valence-electron chi connectivity index (χ4n) is 9.99. The van der Waals surface area contributed by atoms with E-state index in [1.807, 2.05) is 36.1 Å². The second kappa shape index (κ2) is 19.1. The van der Waals surface area contributed by atoms with Gasteiger partial charge in [0, 0.05) is 59.5 Å². The van der Waals surface area contributed by atoms with Crippen molar-refractivity contribution in [1.29, 1.82) is 0 Å². The average Bonchev–Trinajstić information content (AvgIpc) is 3.73. The molecule has 0 spiro atoms. The topological polar surface area (TPSA) is 71.9 Å². The van der Waals surface area contributed by atoms with Crippen molar-refractivity contribution in [1.82, 2.24) is 28.0 Å². The molecule has 306 valence electrons. The summed E-state index contributed by atoms with van der Waals surface area (Å²) in [7, 11) is 1.87. The molecule has 0 fully saturated rings. The number of methoxy groups -OCH3 is 2. The summed E-state index contributed by atoms with van der Waals surface area (Å²) in [5.41, 5.74) is 8.50. The standard InChI is InChI=1S/C17H27IN2OSi.C17H27IN2Si.C9H9IN2O/c1-11(2)22(12(3)4,13(5)6)20-10-14(18)16-15(21-7)8-9-19-17(16)20;1-11(2)21(12(3)4,13(5)6)20-10-16(18)15-8-14(7)9-19-17(15)20;1-12-5-8(10)7-3-6(13-2)4-11-9(7)12/h8-13H,1-7H3;8-13H,1-7H3;3-5H,1-2H3. The molecule has 0 bridgehead atoms. The smallest absolute Gasteiger partial charge is 0.171 e. The first kappa shape index (κ1) is 47.0. The second-order valence-electron chi connectivity index (χ2n) is 16.8. The van der Waals surface area contributed by atoms with Crippen LogP contribution in [0, 0.1) is 17.6 Å². The summed E-state index contributed by atoms with van der Waals surface area (Å²) < 4.78 is 21.6. The van der Waals surface area contributed by atoms with Gasteiger partial charge in [-0.1, -0.05) is 83.1 Å². The van der Waals surface area contributed by atoms with Crippen molar-refractivity contribution >= 4 is 117 Å². The Morgan fingerprint density at radius 1 is 0.571 bits per heavy atom. The Kier molecular flexibility index (Phi) is 16.0. The highest BCUT2D eigenvalue weighted by Crippen LogP contribution is 2.46. The van der Waals surface area contributed by atoms with Crippen molar-refractivity contribution < 1.29 is 9.47 Å². The van der Waals surface area contributed by atoms with Crippen LogP contribution in [0.25, 0.3) is 33.1 Å². The molecule has 6 aromatic heterocycles. The third kappa shape index (κ3) is 8.63. The summed E-state index contributed by atoms with van der Waals surface area (Å²) in [4.78, 5) is 13.8. The van der Waals surface area contributed by atoms with E-state index in [2.05, 4.69) is 196 Å². The van der Waals surface area contributed by atoms with Crippen LogP contribution in [0.4, 0.5) is 0 Å². The maximum Gasteiger partial charge on any atom is 0.171 e. The predicted molar refractivity (Wildman–Crippen MR) is 269 cm³/mol. The normalized spacial score (nSPS) is 12.4. The number of hydrogen-bond acceptors (Lipinski definition) is 5. The van der Waals surface area contributed by atoms with Gasteiger partial charge < -0.3 is 22.5 Å². The number of rotatable bonds is 10. The molecule has 0 atom stereocenters. The molecule has 0 N–H and O–H groups in total. The van der Waals surface area contributed by atoms with E-state index in [1.165, 1.54) is 27.3 Å². The van der Waals surface area contributed by atoms with Crippen LogP contribution in [0.1, 0.15) is 88.6 Å². The highest BCUT2D eigenvalue weighted by Gasteiger charge is 2.47. The van der Waals surface area contributed by atoms with Gasteiger partial charge in [0.25, 0.3) is 0 Å². The van der Waals surface area contributed by atoms with Crippen molar-refractivity contribution in [2.45, 2.75) is 123 Å². The Labute approximate surface area is 378 Å². The van der Waals surface area contributed by atoms with Crippen molar-refractivity contribution in [3.8, 4) is 11.5 Å². The van der Waals surface area contributed by atoms with E-state index in [9.17, 15) is 0 Å². The largest absolute Gasteiger partial charge is 0.496 e. The molecule has 0 aliphatic rings. The van der Waals surface area contributed by atoms with Crippen LogP contribution in [-0.2, 0) is 7.05 Å². The summed E-state index contributed by atoms with van der Waals surface area (Å²) >= 11 is 7.18. The van der Waals surface area contributed by atoms with Gasteiger partial charge in [-0.3, -0.25) is 0 Å². The summed E-state index contributed by atoms with van der Waals surface area (Å²) in [6.07, 6.45) is 12.3. The lowest BCUT2D eigenvalue weighted by Crippen LogP contribution is -2.51. The fourth-order valence-corrected chi connectivity index (χ4v) is 25.9. The third-order valence-electron chi connectivity index (χ3n) is 11.9. The molecule has 0 saturated heterocycles. The molecule has 0 saturated carbocycles. The maximum absolute atomic E-state index is 5.57. The van der Waals surface area contributed by atoms with Gasteiger partial charge in [0.15, 0.2) is 16.5 Å². The second-order valence-corrected chi connectivity index (χ2v) is 31.8. The number of ether oxygens (including phenoxy) is 2. The first-order chi connectivity index (χ1) is 26.2. The molecule has 0 amide bonds. The molecule has 6 heterocycles. The molecular weight excluding hydrogens is 1070 g/mol. The first-order valence-electron chi connectivity index (χ1n) is 19.7. The fraction of sp³-hybridized carbons (Fsp3) is 0.512. The highest BCUT2D eigenvalue weighted by atomic mass is 127. The lowest BCUT2D eigenvalue weighted by atomic mass is 10.2. The van der Waals surface area contributed by atoms with E-state index in [-0.39, 0.29) is 0 Å². The minimum Gasteiger partial charge on any atom is -0.496 e. The van der Waals surface area contributed by atoms with Gasteiger partial charge in [0.2, 0.25) is 0 Å². The minimum atomic E-state index is -1.79. The van der Waals surface area contributed by atoms with Crippen LogP contribution >= 0.6 is 67.8 Å². The van der Waals surface area contributed by atoms with Crippen LogP contribution < -0.4 is 9.47 Å². The molecule has 13 heteroatoms. The van der Waals surface area contributed by atoms with Gasteiger partial charge in [-0.2, -0.15) is 0 Å². The number of pyridine rings is 3. The lowest BCUT2D eigenvalue weighted by molar-refractivity contribution is 0.413. The predicted octanol–water partition coefficient (Wildman–Crippen LogP) is 13.8. The maximum atomic E-state index is 5.57. The Morgan fingerprint density at radius 2 is 1.04 bits per heavy atom. The quantitative estimate of drug-likeness (QED) is 0.101. The van der Waals surface area contributed by atoms with Gasteiger partial charge in [-0.05, 0) is 132 Å². The zero-order chi connectivity index (χ0) is 42.0. The van der Waals surface area contributed by atoms with E-state index in [1.54, 1.807) is 20.4 Å². The zero-order valence-electron chi connectivity index (χ0n) is 36.3. The lowest BCUT2D eigenvalue weighted by Gasteiger charge is -2.44. The number of hydrogen-bond donors (Lipinski definition) is 0. The summed E-state index contributed by atoms with van der Waals surface area (Å²) in [6, 6.07) is 6.24. The molecule has 56 heavy (non-hydrogen) atoms. The highest BCUT2D eigenvalue weighted by molar-refractivity contribution is 14.1. The Hall–Kier alpha value is -1.71. The molecule has 0 aliphatic heterocycles. The van der Waals surface area contributed by atoms with E-state index >= 15 is 0 Å². The van der Waals surface area contributed by atoms with E-state index in [4.69, 9.17) is 19.4 Å². The number of aryl methyl sites for hydroxylation is 2. The van der Waals surface area contributed by atoms with Crippen molar-refractivity contribution in [2.75, 3.05) is 14.2 Å². The molecule has 6 aromatic rings. The monoisotopic (exact) mass is 1130 g/mol. The number of nitrogens with zero attached hydrogens (tertiary/aromatic N) is 6. The van der Waals surface area contributed by atoms with Crippen molar-refractivity contribution in [2.24, 2.45) is 7.05 Å². The van der Waals surface area contributed by atoms with Crippen LogP contribution in [0.3, 0.4) is 0 Å². The molecule has 8 nitrogen and oxygen atoms in total. The van der Waals surface area contributed by atoms with Crippen LogP contribution in [0.5, 0.6) is 11.5 Å². The SMILES string of the molecule is COc1ccnc2c1c(I)cn2[Si](C(C)C)(C(C)C)C(C)C.COc1cnc2c(c1)c(I)cn2C.Cc1cnc2c(c1)c(I)cn2[Si](C(C)C)(C(C)C)C(C)C. The summed E-state index contributed by atoms with van der Waals surface area (Å²) in [5.74, 6) is 1.73. The molecule has 0 unspecified atom stereocenters. The minimum absolute atomic E-state index is 0.645. The Bertz CT molecular complexity index is 2210. The Morgan fingerprint density at radius 3 is 1.54 bits per heavy atom. The Balaban J connectivity index is 0.000000192. The van der Waals surface area contributed by atoms with E-state index < -0.39 is 16.5 Å². The van der Waals surface area contributed by atoms with Gasteiger partial charge in [-0.15, -0.1) is 0 Å². The summed E-state index contributed by atoms with van der Waals surface area (Å²) in [6.45, 7) is 30.8. The molecule has 6 rings (SSSR count). The number of fused-ring (bicyclic) bond motifs is 3. The van der Waals surface area contributed by atoms with E-state index in [0.717, 1.165) is 33.6 Å². The number of aromatic nitrogens is 6. The van der Waals surface area contributed by atoms with Crippen molar-refractivity contribution in [3.05, 3.63) is 71.7 Å². The number of halogens is 3. The van der Waals surface area contributed by atoms with Crippen LogP contribution in [0.2, 0.25) is 33.2 Å². The first-order valence-corrected chi connectivity index (χ1v) is 27.3. The molecular formula is C43H63I3N6O2Si2. The van der Waals surface area contributed by atoms with Crippen LogP contribution in [0.15, 0.2) is 55.4 Å².